The topological polar surface area (TPSA) is 76.4 Å². The minimum absolute atomic E-state index is 0.190. The van der Waals surface area contributed by atoms with Gasteiger partial charge < -0.3 is 14.5 Å². The third-order valence-electron chi connectivity index (χ3n) is 5.30. The number of rotatable bonds is 5. The van der Waals surface area contributed by atoms with Crippen molar-refractivity contribution in [2.24, 2.45) is 0 Å². The van der Waals surface area contributed by atoms with Crippen molar-refractivity contribution in [1.29, 1.82) is 0 Å². The third kappa shape index (κ3) is 4.46. The fourth-order valence-corrected chi connectivity index (χ4v) is 3.91. The van der Waals surface area contributed by atoms with E-state index in [0.717, 1.165) is 33.1 Å². The number of anilines is 1. The summed E-state index contributed by atoms with van der Waals surface area (Å²) < 4.78 is 11.5. The molecule has 1 heterocycles. The average molecular weight is 468 g/mol. The van der Waals surface area contributed by atoms with Crippen molar-refractivity contribution in [2.75, 3.05) is 11.9 Å². The fourth-order valence-electron chi connectivity index (χ4n) is 3.70. The van der Waals surface area contributed by atoms with Gasteiger partial charge in [0.25, 0.3) is 5.91 Å². The zero-order valence-corrected chi connectivity index (χ0v) is 19.2. The molecule has 0 atom stereocenters. The van der Waals surface area contributed by atoms with E-state index in [-0.39, 0.29) is 11.0 Å². The molecule has 0 bridgehead atoms. The molecule has 34 heavy (non-hydrogen) atoms. The van der Waals surface area contributed by atoms with Crippen molar-refractivity contribution in [3.05, 3.63) is 90.5 Å². The molecule has 5 rings (SSSR count). The van der Waals surface area contributed by atoms with E-state index in [1.54, 1.807) is 0 Å². The molecule has 0 saturated carbocycles. The molecule has 1 aromatic heterocycles. The highest BCUT2D eigenvalue weighted by molar-refractivity contribution is 7.80. The molecule has 0 unspecified atom stereocenters. The summed E-state index contributed by atoms with van der Waals surface area (Å²) in [4.78, 5) is 17.5. The third-order valence-corrected chi connectivity index (χ3v) is 5.51. The molecular formula is C27H21N3O3S. The van der Waals surface area contributed by atoms with Crippen molar-refractivity contribution >= 4 is 50.8 Å². The number of fused-ring (bicyclic) bond motifs is 2. The summed E-state index contributed by atoms with van der Waals surface area (Å²) in [6.07, 6.45) is 0. The largest absolute Gasteiger partial charge is 0.493 e. The highest BCUT2D eigenvalue weighted by atomic mass is 32.1. The second kappa shape index (κ2) is 9.33. The first-order valence-corrected chi connectivity index (χ1v) is 11.3. The van der Waals surface area contributed by atoms with Crippen molar-refractivity contribution in [1.82, 2.24) is 10.3 Å². The predicted molar refractivity (Wildman–Crippen MR) is 138 cm³/mol. The highest BCUT2D eigenvalue weighted by Crippen LogP contribution is 2.27. The van der Waals surface area contributed by atoms with Crippen molar-refractivity contribution < 1.29 is 13.9 Å². The van der Waals surface area contributed by atoms with Gasteiger partial charge in [-0.2, -0.15) is 0 Å². The van der Waals surface area contributed by atoms with Crippen LogP contribution in [0.4, 0.5) is 5.69 Å². The second-order valence-corrected chi connectivity index (χ2v) is 8.01. The Morgan fingerprint density at radius 1 is 0.971 bits per heavy atom. The number of oxazole rings is 1. The Bertz CT molecular complexity index is 1480. The van der Waals surface area contributed by atoms with Crippen molar-refractivity contribution in [2.45, 2.75) is 6.92 Å². The molecular weight excluding hydrogens is 446 g/mol. The summed E-state index contributed by atoms with van der Waals surface area (Å²) in [5, 5.41) is 7.93. The minimum Gasteiger partial charge on any atom is -0.493 e. The van der Waals surface area contributed by atoms with Crippen LogP contribution < -0.4 is 15.4 Å². The zero-order valence-electron chi connectivity index (χ0n) is 18.4. The minimum atomic E-state index is -0.338. The first-order chi connectivity index (χ1) is 16.6. The van der Waals surface area contributed by atoms with E-state index in [9.17, 15) is 4.79 Å². The lowest BCUT2D eigenvalue weighted by Gasteiger charge is -2.14. The Kier molecular flexibility index (Phi) is 5.93. The number of nitrogens with zero attached hydrogens (tertiary/aromatic N) is 1. The van der Waals surface area contributed by atoms with E-state index < -0.39 is 0 Å². The Hall–Kier alpha value is -4.23. The maximum absolute atomic E-state index is 13.0. The van der Waals surface area contributed by atoms with Gasteiger partial charge in [-0.25, -0.2) is 4.98 Å². The Labute approximate surface area is 201 Å². The molecule has 168 valence electrons. The molecule has 6 nitrogen and oxygen atoms in total. The van der Waals surface area contributed by atoms with Crippen LogP contribution in [0.2, 0.25) is 0 Å². The smallest absolute Gasteiger partial charge is 0.261 e. The number of amides is 1. The Morgan fingerprint density at radius 2 is 1.68 bits per heavy atom. The van der Waals surface area contributed by atoms with Crippen LogP contribution in [0, 0.1) is 0 Å². The van der Waals surface area contributed by atoms with Gasteiger partial charge in [0.1, 0.15) is 11.3 Å². The number of para-hydroxylation sites is 2. The quantitative estimate of drug-likeness (QED) is 0.301. The van der Waals surface area contributed by atoms with Crippen LogP contribution in [0.25, 0.3) is 33.3 Å². The van der Waals surface area contributed by atoms with Crippen molar-refractivity contribution in [3.63, 3.8) is 0 Å². The molecule has 2 N–H and O–H groups in total. The number of ether oxygens (including phenoxy) is 1. The van der Waals surface area contributed by atoms with Gasteiger partial charge in [-0.15, -0.1) is 0 Å². The lowest BCUT2D eigenvalue weighted by molar-refractivity contribution is 0.0974. The number of carbonyl (C=O) groups is 1. The van der Waals surface area contributed by atoms with Crippen LogP contribution >= 0.6 is 12.2 Å². The number of hydrogen-bond acceptors (Lipinski definition) is 5. The summed E-state index contributed by atoms with van der Waals surface area (Å²) in [6.45, 7) is 2.33. The van der Waals surface area contributed by atoms with Gasteiger partial charge in [0.15, 0.2) is 10.7 Å². The fraction of sp³-hybridized carbons (Fsp3) is 0.0741. The molecule has 1 amide bonds. The van der Waals surface area contributed by atoms with E-state index in [4.69, 9.17) is 21.4 Å². The van der Waals surface area contributed by atoms with Gasteiger partial charge >= 0.3 is 0 Å². The van der Waals surface area contributed by atoms with Crippen LogP contribution in [-0.4, -0.2) is 22.6 Å². The maximum Gasteiger partial charge on any atom is 0.261 e. The monoisotopic (exact) mass is 467 g/mol. The van der Waals surface area contributed by atoms with Crippen LogP contribution in [0.3, 0.4) is 0 Å². The number of carbonyl (C=O) groups excluding carboxylic acids is 1. The molecule has 0 aliphatic carbocycles. The Morgan fingerprint density at radius 3 is 2.41 bits per heavy atom. The number of benzene rings is 4. The van der Waals surface area contributed by atoms with Gasteiger partial charge in [-0.1, -0.05) is 36.4 Å². The normalized spacial score (nSPS) is 10.9. The number of thiocarbonyl (C=S) groups is 1. The first kappa shape index (κ1) is 21.6. The van der Waals surface area contributed by atoms with Gasteiger partial charge in [-0.05, 0) is 78.4 Å². The standard InChI is InChI=1S/C27H21N3O3S/c1-2-32-24-16-19-8-4-3-7-18(19)15-21(24)25(31)30-27(34)28-20-13-11-17(12-14-20)26-29-22-9-5-6-10-23(22)33-26/h3-16H,2H2,1H3,(H2,28,30,31,34). The summed E-state index contributed by atoms with van der Waals surface area (Å²) in [6, 6.07) is 26.6. The van der Waals surface area contributed by atoms with Gasteiger partial charge in [0.2, 0.25) is 5.89 Å². The summed E-state index contributed by atoms with van der Waals surface area (Å²) in [7, 11) is 0. The molecule has 5 aromatic rings. The van der Waals surface area contributed by atoms with E-state index in [1.807, 2.05) is 91.9 Å². The summed E-state index contributed by atoms with van der Waals surface area (Å²) in [5.74, 6) is 0.724. The molecule has 0 radical (unpaired) electrons. The van der Waals surface area contributed by atoms with Crippen LogP contribution in [0.1, 0.15) is 17.3 Å². The van der Waals surface area contributed by atoms with E-state index >= 15 is 0 Å². The zero-order chi connectivity index (χ0) is 23.5. The van der Waals surface area contributed by atoms with Gasteiger partial charge in [0, 0.05) is 11.3 Å². The van der Waals surface area contributed by atoms with Crippen LogP contribution in [0.5, 0.6) is 5.75 Å². The number of aromatic nitrogens is 1. The number of hydrogen-bond donors (Lipinski definition) is 2. The maximum atomic E-state index is 13.0. The van der Waals surface area contributed by atoms with Crippen LogP contribution in [0.15, 0.2) is 89.3 Å². The number of nitrogens with one attached hydrogen (secondary N) is 2. The molecule has 0 aliphatic heterocycles. The van der Waals surface area contributed by atoms with E-state index in [0.29, 0.717) is 23.8 Å². The second-order valence-electron chi connectivity index (χ2n) is 7.60. The lowest BCUT2D eigenvalue weighted by atomic mass is 10.1. The lowest BCUT2D eigenvalue weighted by Crippen LogP contribution is -2.34. The molecule has 0 aliphatic rings. The molecule has 0 saturated heterocycles. The van der Waals surface area contributed by atoms with Crippen LogP contribution in [-0.2, 0) is 0 Å². The molecule has 0 spiro atoms. The molecule has 7 heteroatoms. The summed E-state index contributed by atoms with van der Waals surface area (Å²) >= 11 is 5.37. The highest BCUT2D eigenvalue weighted by Gasteiger charge is 2.16. The van der Waals surface area contributed by atoms with E-state index in [1.165, 1.54) is 0 Å². The SMILES string of the molecule is CCOc1cc2ccccc2cc1C(=O)NC(=S)Nc1ccc(-c2nc3ccccc3o2)cc1. The van der Waals surface area contributed by atoms with Crippen molar-refractivity contribution in [3.8, 4) is 17.2 Å². The average Bonchev–Trinajstić information content (AvgIpc) is 3.28. The molecule has 0 fully saturated rings. The molecule has 4 aromatic carbocycles. The predicted octanol–water partition coefficient (Wildman–Crippen LogP) is 6.17. The van der Waals surface area contributed by atoms with E-state index in [2.05, 4.69) is 15.6 Å². The first-order valence-electron chi connectivity index (χ1n) is 10.8. The summed E-state index contributed by atoms with van der Waals surface area (Å²) in [5.41, 5.74) is 3.55. The Balaban J connectivity index is 1.29. The van der Waals surface area contributed by atoms with Gasteiger partial charge in [0.05, 0.1) is 12.2 Å². The van der Waals surface area contributed by atoms with Gasteiger partial charge in [-0.3, -0.25) is 10.1 Å².